The Morgan fingerprint density at radius 2 is 2.05 bits per heavy atom. The molecule has 21 heavy (non-hydrogen) atoms. The molecule has 0 saturated heterocycles. The Morgan fingerprint density at radius 3 is 2.71 bits per heavy atom. The first-order chi connectivity index (χ1) is 10.3. The van der Waals surface area contributed by atoms with Crippen molar-refractivity contribution in [1.29, 1.82) is 0 Å². The van der Waals surface area contributed by atoms with Crippen molar-refractivity contribution >= 4 is 23.4 Å². The van der Waals surface area contributed by atoms with Crippen LogP contribution in [0.15, 0.2) is 53.7 Å². The highest BCUT2D eigenvalue weighted by molar-refractivity contribution is 7.98. The first kappa shape index (κ1) is 15.5. The summed E-state index contributed by atoms with van der Waals surface area (Å²) in [5.41, 5.74) is 7.40. The Bertz CT molecular complexity index is 557. The van der Waals surface area contributed by atoms with E-state index in [2.05, 4.69) is 16.4 Å². The summed E-state index contributed by atoms with van der Waals surface area (Å²) in [6.45, 7) is 0.539. The highest BCUT2D eigenvalue weighted by atomic mass is 32.2. The molecule has 1 aromatic carbocycles. The van der Waals surface area contributed by atoms with Gasteiger partial charge in [0.1, 0.15) is 0 Å². The lowest BCUT2D eigenvalue weighted by molar-refractivity contribution is -0.116. The number of benzene rings is 1. The monoisotopic (exact) mass is 301 g/mol. The Kier molecular flexibility index (Phi) is 6.24. The number of aromatic nitrogens is 1. The first-order valence-corrected chi connectivity index (χ1v) is 7.88. The zero-order chi connectivity index (χ0) is 14.9. The molecule has 0 bridgehead atoms. The van der Waals surface area contributed by atoms with Crippen LogP contribution >= 0.6 is 11.8 Å². The second-order valence-electron chi connectivity index (χ2n) is 4.61. The van der Waals surface area contributed by atoms with Crippen molar-refractivity contribution in [2.24, 2.45) is 5.73 Å². The molecule has 0 aliphatic carbocycles. The van der Waals surface area contributed by atoms with Gasteiger partial charge < -0.3 is 11.1 Å². The fraction of sp³-hybridized carbons (Fsp3) is 0.250. The average Bonchev–Trinajstić information content (AvgIpc) is 2.53. The number of thioether (sulfide) groups is 1. The van der Waals surface area contributed by atoms with E-state index in [0.29, 0.717) is 19.4 Å². The summed E-state index contributed by atoms with van der Waals surface area (Å²) in [5.74, 6) is 0.895. The maximum atomic E-state index is 11.6. The van der Waals surface area contributed by atoms with Gasteiger partial charge in [-0.15, -0.1) is 11.8 Å². The topological polar surface area (TPSA) is 68.0 Å². The van der Waals surface area contributed by atoms with Gasteiger partial charge in [-0.1, -0.05) is 6.07 Å². The molecule has 5 heteroatoms. The van der Waals surface area contributed by atoms with Crippen LogP contribution in [0.25, 0.3) is 0 Å². The number of pyridine rings is 1. The summed E-state index contributed by atoms with van der Waals surface area (Å²) in [6.07, 6.45) is 4.83. The number of amides is 1. The summed E-state index contributed by atoms with van der Waals surface area (Å²) in [5, 5.41) is 2.86. The second kappa shape index (κ2) is 8.44. The van der Waals surface area contributed by atoms with Gasteiger partial charge in [0.05, 0.1) is 0 Å². The number of nitrogens with zero attached hydrogens (tertiary/aromatic N) is 1. The Hall–Kier alpha value is -1.85. The maximum Gasteiger partial charge on any atom is 0.224 e. The van der Waals surface area contributed by atoms with Crippen LogP contribution in [-0.2, 0) is 10.5 Å². The summed E-state index contributed by atoms with van der Waals surface area (Å²) < 4.78 is 0. The lowest BCUT2D eigenvalue weighted by Gasteiger charge is -2.06. The van der Waals surface area contributed by atoms with E-state index >= 15 is 0 Å². The van der Waals surface area contributed by atoms with Crippen molar-refractivity contribution in [3.63, 3.8) is 0 Å². The second-order valence-corrected chi connectivity index (χ2v) is 5.66. The van der Waals surface area contributed by atoms with Gasteiger partial charge in [-0.25, -0.2) is 0 Å². The van der Waals surface area contributed by atoms with Crippen LogP contribution < -0.4 is 11.1 Å². The highest BCUT2D eigenvalue weighted by Gasteiger charge is 2.02. The molecule has 1 aromatic heterocycles. The number of rotatable bonds is 7. The average molecular weight is 301 g/mol. The minimum Gasteiger partial charge on any atom is -0.330 e. The molecule has 0 atom stereocenters. The van der Waals surface area contributed by atoms with E-state index in [0.717, 1.165) is 11.4 Å². The molecule has 0 saturated carbocycles. The third-order valence-electron chi connectivity index (χ3n) is 2.87. The number of carbonyl (C=O) groups excluding carboxylic acids is 1. The standard InChI is InChI=1S/C16H19N3OS/c17-9-1-4-16(20)19-14-5-7-15(8-6-14)21-12-13-3-2-10-18-11-13/h2-3,5-8,10-11H,1,4,9,12,17H2,(H,19,20). The van der Waals surface area contributed by atoms with Gasteiger partial charge in [0, 0.05) is 35.2 Å². The predicted molar refractivity (Wildman–Crippen MR) is 87.2 cm³/mol. The molecule has 0 unspecified atom stereocenters. The molecule has 0 aliphatic heterocycles. The fourth-order valence-corrected chi connectivity index (χ4v) is 2.60. The molecular weight excluding hydrogens is 282 g/mol. The largest absolute Gasteiger partial charge is 0.330 e. The number of hydrogen-bond acceptors (Lipinski definition) is 4. The molecule has 1 heterocycles. The van der Waals surface area contributed by atoms with Crippen LogP contribution in [0.2, 0.25) is 0 Å². The third kappa shape index (κ3) is 5.57. The molecule has 3 N–H and O–H groups in total. The van der Waals surface area contributed by atoms with Gasteiger partial charge in [-0.2, -0.15) is 0 Å². The minimum atomic E-state index is 0.0104. The SMILES string of the molecule is NCCCC(=O)Nc1ccc(SCc2cccnc2)cc1. The van der Waals surface area contributed by atoms with Gasteiger partial charge >= 0.3 is 0 Å². The van der Waals surface area contributed by atoms with Crippen LogP contribution in [0.5, 0.6) is 0 Å². The minimum absolute atomic E-state index is 0.0104. The van der Waals surface area contributed by atoms with Crippen LogP contribution in [0.3, 0.4) is 0 Å². The van der Waals surface area contributed by atoms with Crippen LogP contribution in [0, 0.1) is 0 Å². The van der Waals surface area contributed by atoms with Crippen LogP contribution in [-0.4, -0.2) is 17.4 Å². The predicted octanol–water partition coefficient (Wildman–Crippen LogP) is 3.05. The molecule has 0 fully saturated rings. The van der Waals surface area contributed by atoms with E-state index in [1.165, 1.54) is 10.5 Å². The molecule has 4 nitrogen and oxygen atoms in total. The van der Waals surface area contributed by atoms with Crippen LogP contribution in [0.4, 0.5) is 5.69 Å². The summed E-state index contributed by atoms with van der Waals surface area (Å²) in [7, 11) is 0. The van der Waals surface area contributed by atoms with Gasteiger partial charge in [0.15, 0.2) is 0 Å². The quantitative estimate of drug-likeness (QED) is 0.771. The summed E-state index contributed by atoms with van der Waals surface area (Å²) in [4.78, 5) is 16.9. The lowest BCUT2D eigenvalue weighted by Crippen LogP contribution is -2.13. The number of carbonyl (C=O) groups is 1. The van der Waals surface area contributed by atoms with Gasteiger partial charge in [0.25, 0.3) is 0 Å². The number of nitrogens with two attached hydrogens (primary N) is 1. The van der Waals surface area contributed by atoms with E-state index < -0.39 is 0 Å². The molecule has 2 rings (SSSR count). The van der Waals surface area contributed by atoms with Crippen LogP contribution in [0.1, 0.15) is 18.4 Å². The normalized spacial score (nSPS) is 10.3. The number of nitrogens with one attached hydrogen (secondary N) is 1. The van der Waals surface area contributed by atoms with E-state index in [1.54, 1.807) is 18.0 Å². The summed E-state index contributed by atoms with van der Waals surface area (Å²) >= 11 is 1.75. The first-order valence-electron chi connectivity index (χ1n) is 6.89. The fourth-order valence-electron chi connectivity index (χ4n) is 1.77. The Labute approximate surface area is 129 Å². The molecular formula is C16H19N3OS. The molecule has 2 aromatic rings. The Morgan fingerprint density at radius 1 is 1.24 bits per heavy atom. The maximum absolute atomic E-state index is 11.6. The van der Waals surface area contributed by atoms with Crippen molar-refractivity contribution < 1.29 is 4.79 Å². The van der Waals surface area contributed by atoms with Gasteiger partial charge in [-0.05, 0) is 48.9 Å². The molecule has 0 spiro atoms. The van der Waals surface area contributed by atoms with Gasteiger partial charge in [0.2, 0.25) is 5.91 Å². The van der Waals surface area contributed by atoms with E-state index in [1.807, 2.05) is 36.5 Å². The van der Waals surface area contributed by atoms with Gasteiger partial charge in [-0.3, -0.25) is 9.78 Å². The Balaban J connectivity index is 1.83. The van der Waals surface area contributed by atoms with E-state index in [-0.39, 0.29) is 5.91 Å². The smallest absolute Gasteiger partial charge is 0.224 e. The number of hydrogen-bond donors (Lipinski definition) is 2. The van der Waals surface area contributed by atoms with E-state index in [4.69, 9.17) is 5.73 Å². The molecule has 110 valence electrons. The summed E-state index contributed by atoms with van der Waals surface area (Å²) in [6, 6.07) is 11.9. The van der Waals surface area contributed by atoms with Crippen molar-refractivity contribution in [2.45, 2.75) is 23.5 Å². The number of anilines is 1. The third-order valence-corrected chi connectivity index (χ3v) is 3.96. The van der Waals surface area contributed by atoms with E-state index in [9.17, 15) is 4.79 Å². The zero-order valence-corrected chi connectivity index (χ0v) is 12.6. The molecule has 0 aliphatic rings. The van der Waals surface area contributed by atoms with Crippen molar-refractivity contribution in [1.82, 2.24) is 4.98 Å². The molecule has 0 radical (unpaired) electrons. The van der Waals surface area contributed by atoms with Crippen molar-refractivity contribution in [3.05, 3.63) is 54.4 Å². The van der Waals surface area contributed by atoms with Crippen molar-refractivity contribution in [3.8, 4) is 0 Å². The zero-order valence-electron chi connectivity index (χ0n) is 11.8. The van der Waals surface area contributed by atoms with Crippen molar-refractivity contribution in [2.75, 3.05) is 11.9 Å². The highest BCUT2D eigenvalue weighted by Crippen LogP contribution is 2.23. The lowest BCUT2D eigenvalue weighted by atomic mass is 10.2. The molecule has 1 amide bonds.